The molecule has 7 heteroatoms. The second kappa shape index (κ2) is 6.76. The first kappa shape index (κ1) is 16.9. The maximum Gasteiger partial charge on any atom is 0.240 e. The molecule has 0 spiro atoms. The third kappa shape index (κ3) is 3.66. The average molecular weight is 340 g/mol. The normalized spacial score (nSPS) is 11.6. The third-order valence-corrected chi connectivity index (χ3v) is 6.07. The predicted octanol–water partition coefficient (Wildman–Crippen LogP) is 2.60. The van der Waals surface area contributed by atoms with Gasteiger partial charge < -0.3 is 4.74 Å². The van der Waals surface area contributed by atoms with Gasteiger partial charge >= 0.3 is 0 Å². The molecule has 0 unspecified atom stereocenters. The highest BCUT2D eigenvalue weighted by Gasteiger charge is 2.18. The highest BCUT2D eigenvalue weighted by Crippen LogP contribution is 2.25. The van der Waals surface area contributed by atoms with Gasteiger partial charge in [0.25, 0.3) is 0 Å². The molecule has 1 aromatic carbocycles. The summed E-state index contributed by atoms with van der Waals surface area (Å²) in [5, 5.41) is 0. The maximum atomic E-state index is 12.5. The van der Waals surface area contributed by atoms with Crippen LogP contribution in [0.5, 0.6) is 5.75 Å². The van der Waals surface area contributed by atoms with E-state index < -0.39 is 10.0 Å². The van der Waals surface area contributed by atoms with Gasteiger partial charge in [-0.1, -0.05) is 0 Å². The Morgan fingerprint density at radius 2 is 1.95 bits per heavy atom. The van der Waals surface area contributed by atoms with E-state index in [0.717, 1.165) is 16.1 Å². The van der Waals surface area contributed by atoms with Gasteiger partial charge in [-0.25, -0.2) is 18.1 Å². The molecule has 0 aliphatic carbocycles. The first-order valence-electron chi connectivity index (χ1n) is 6.89. The minimum atomic E-state index is -3.53. The Labute approximate surface area is 135 Å². The molecular weight excluding hydrogens is 320 g/mol. The van der Waals surface area contributed by atoms with Gasteiger partial charge in [0.2, 0.25) is 10.0 Å². The molecule has 0 amide bonds. The van der Waals surface area contributed by atoms with Crippen LogP contribution < -0.4 is 9.46 Å². The lowest BCUT2D eigenvalue weighted by Crippen LogP contribution is -2.26. The van der Waals surface area contributed by atoms with Crippen LogP contribution in [0.2, 0.25) is 0 Å². The van der Waals surface area contributed by atoms with Crippen molar-refractivity contribution < 1.29 is 13.2 Å². The Bertz CT molecular complexity index is 767. The van der Waals surface area contributed by atoms with Crippen LogP contribution in [-0.4, -0.2) is 27.1 Å². The summed E-state index contributed by atoms with van der Waals surface area (Å²) in [5.74, 6) is 0.691. The lowest BCUT2D eigenvalue weighted by atomic mass is 10.1. The number of aryl methyl sites for hydroxylation is 3. The second-order valence-electron chi connectivity index (χ2n) is 5.10. The number of hydrogen-bond donors (Lipinski definition) is 1. The Morgan fingerprint density at radius 1 is 1.23 bits per heavy atom. The number of thiazole rings is 1. The van der Waals surface area contributed by atoms with Crippen LogP contribution in [0.4, 0.5) is 0 Å². The summed E-state index contributed by atoms with van der Waals surface area (Å²) in [5.41, 5.74) is 4.20. The summed E-state index contributed by atoms with van der Waals surface area (Å²) < 4.78 is 32.8. The maximum absolute atomic E-state index is 12.5. The average Bonchev–Trinajstić information content (AvgIpc) is 2.86. The van der Waals surface area contributed by atoms with Crippen LogP contribution in [0.1, 0.15) is 21.7 Å². The molecule has 22 heavy (non-hydrogen) atoms. The molecule has 0 saturated heterocycles. The topological polar surface area (TPSA) is 68.3 Å². The van der Waals surface area contributed by atoms with Crippen molar-refractivity contribution in [2.24, 2.45) is 0 Å². The third-order valence-electron chi connectivity index (χ3n) is 3.47. The molecule has 0 atom stereocenters. The number of sulfonamides is 1. The fourth-order valence-electron chi connectivity index (χ4n) is 2.22. The smallest absolute Gasteiger partial charge is 0.240 e. The van der Waals surface area contributed by atoms with Crippen molar-refractivity contribution in [3.05, 3.63) is 39.3 Å². The second-order valence-corrected chi connectivity index (χ2v) is 7.77. The van der Waals surface area contributed by atoms with Gasteiger partial charge in [0.05, 0.1) is 23.2 Å². The SMILES string of the molecule is COc1cc(C)c(S(=O)(=O)NCCc2scnc2C)cc1C. The van der Waals surface area contributed by atoms with Crippen LogP contribution in [0.15, 0.2) is 22.5 Å². The van der Waals surface area contributed by atoms with Gasteiger partial charge in [-0.15, -0.1) is 11.3 Å². The molecule has 120 valence electrons. The molecule has 0 saturated carbocycles. The zero-order valence-electron chi connectivity index (χ0n) is 13.1. The molecule has 0 fully saturated rings. The molecule has 0 aliphatic rings. The van der Waals surface area contributed by atoms with Crippen LogP contribution in [-0.2, 0) is 16.4 Å². The van der Waals surface area contributed by atoms with E-state index in [1.807, 2.05) is 13.8 Å². The van der Waals surface area contributed by atoms with E-state index >= 15 is 0 Å². The first-order chi connectivity index (χ1) is 10.3. The summed E-state index contributed by atoms with van der Waals surface area (Å²) in [6.45, 7) is 5.88. The molecule has 1 aromatic heterocycles. The summed E-state index contributed by atoms with van der Waals surface area (Å²) in [6, 6.07) is 3.39. The number of aromatic nitrogens is 1. The van der Waals surface area contributed by atoms with E-state index in [9.17, 15) is 8.42 Å². The standard InChI is InChI=1S/C15H20N2O3S2/c1-10-8-15(11(2)7-13(10)20-4)22(18,19)17-6-5-14-12(3)16-9-21-14/h7-9,17H,5-6H2,1-4H3. The summed E-state index contributed by atoms with van der Waals surface area (Å²) in [7, 11) is -1.95. The first-order valence-corrected chi connectivity index (χ1v) is 9.25. The van der Waals surface area contributed by atoms with Gasteiger partial charge in [-0.3, -0.25) is 0 Å². The number of hydrogen-bond acceptors (Lipinski definition) is 5. The Morgan fingerprint density at radius 3 is 2.55 bits per heavy atom. The zero-order chi connectivity index (χ0) is 16.3. The summed E-state index contributed by atoms with van der Waals surface area (Å²) >= 11 is 1.54. The molecule has 2 rings (SSSR count). The lowest BCUT2D eigenvalue weighted by Gasteiger charge is -2.12. The van der Waals surface area contributed by atoms with Crippen molar-refractivity contribution in [3.8, 4) is 5.75 Å². The molecule has 2 aromatic rings. The minimum Gasteiger partial charge on any atom is -0.496 e. The fourth-order valence-corrected chi connectivity index (χ4v) is 4.34. The van der Waals surface area contributed by atoms with E-state index in [-0.39, 0.29) is 0 Å². The molecule has 0 bridgehead atoms. The van der Waals surface area contributed by atoms with Crippen molar-refractivity contribution in [1.29, 1.82) is 0 Å². The van der Waals surface area contributed by atoms with Crippen molar-refractivity contribution in [1.82, 2.24) is 9.71 Å². The van der Waals surface area contributed by atoms with Crippen molar-refractivity contribution >= 4 is 21.4 Å². The van der Waals surface area contributed by atoms with E-state index in [2.05, 4.69) is 9.71 Å². The lowest BCUT2D eigenvalue weighted by molar-refractivity contribution is 0.411. The highest BCUT2D eigenvalue weighted by atomic mass is 32.2. The largest absolute Gasteiger partial charge is 0.496 e. The number of methoxy groups -OCH3 is 1. The molecule has 0 aliphatic heterocycles. The van der Waals surface area contributed by atoms with E-state index in [1.165, 1.54) is 0 Å². The Kier molecular flexibility index (Phi) is 5.20. The van der Waals surface area contributed by atoms with Gasteiger partial charge in [0, 0.05) is 11.4 Å². The zero-order valence-corrected chi connectivity index (χ0v) is 14.8. The quantitative estimate of drug-likeness (QED) is 0.878. The van der Waals surface area contributed by atoms with Crippen molar-refractivity contribution in [2.45, 2.75) is 32.1 Å². The van der Waals surface area contributed by atoms with Crippen molar-refractivity contribution in [2.75, 3.05) is 13.7 Å². The molecular formula is C15H20N2O3S2. The van der Waals surface area contributed by atoms with Crippen molar-refractivity contribution in [3.63, 3.8) is 0 Å². The molecule has 5 nitrogen and oxygen atoms in total. The molecule has 1 N–H and O–H groups in total. The highest BCUT2D eigenvalue weighted by molar-refractivity contribution is 7.89. The predicted molar refractivity (Wildman–Crippen MR) is 88.2 cm³/mol. The van der Waals surface area contributed by atoms with Gasteiger partial charge in [-0.2, -0.15) is 0 Å². The fraction of sp³-hybridized carbons (Fsp3) is 0.400. The summed E-state index contributed by atoms with van der Waals surface area (Å²) in [6.07, 6.45) is 0.643. The molecule has 0 radical (unpaired) electrons. The van der Waals surface area contributed by atoms with Crippen LogP contribution >= 0.6 is 11.3 Å². The van der Waals surface area contributed by atoms with E-state index in [1.54, 1.807) is 43.0 Å². The van der Waals surface area contributed by atoms with E-state index in [0.29, 0.717) is 29.2 Å². The van der Waals surface area contributed by atoms with E-state index in [4.69, 9.17) is 4.74 Å². The Balaban J connectivity index is 2.13. The monoisotopic (exact) mass is 340 g/mol. The Hall–Kier alpha value is -1.44. The van der Waals surface area contributed by atoms with Gasteiger partial charge in [0.1, 0.15) is 5.75 Å². The number of rotatable bonds is 6. The van der Waals surface area contributed by atoms with Gasteiger partial charge in [-0.05, 0) is 50.5 Å². The van der Waals surface area contributed by atoms with Crippen LogP contribution in [0.25, 0.3) is 0 Å². The minimum absolute atomic E-state index is 0.298. The summed E-state index contributed by atoms with van der Waals surface area (Å²) in [4.78, 5) is 5.56. The number of nitrogens with zero attached hydrogens (tertiary/aromatic N) is 1. The van der Waals surface area contributed by atoms with Crippen LogP contribution in [0.3, 0.4) is 0 Å². The van der Waals surface area contributed by atoms with Crippen LogP contribution in [0, 0.1) is 20.8 Å². The number of ether oxygens (including phenoxy) is 1. The van der Waals surface area contributed by atoms with Gasteiger partial charge in [0.15, 0.2) is 0 Å². The number of benzene rings is 1. The number of nitrogens with one attached hydrogen (secondary N) is 1. The molecule has 1 heterocycles.